The minimum atomic E-state index is -0.800. The number of rotatable bonds is 6. The Morgan fingerprint density at radius 1 is 1.14 bits per heavy atom. The maximum atomic E-state index is 14.1. The van der Waals surface area contributed by atoms with Crippen LogP contribution in [0.2, 0.25) is 5.02 Å². The van der Waals surface area contributed by atoms with Gasteiger partial charge >= 0.3 is 5.97 Å². The maximum Gasteiger partial charge on any atom is 0.338 e. The molecule has 1 atom stereocenters. The van der Waals surface area contributed by atoms with E-state index in [0.29, 0.717) is 51.9 Å². The Balaban J connectivity index is 1.47. The smallest absolute Gasteiger partial charge is 0.338 e. The highest BCUT2D eigenvalue weighted by molar-refractivity contribution is 7.07. The molecular formula is C32H31ClN4O5S. The molecule has 0 saturated carbocycles. The summed E-state index contributed by atoms with van der Waals surface area (Å²) in [7, 11) is 0. The number of morpholine rings is 1. The van der Waals surface area contributed by atoms with E-state index in [1.54, 1.807) is 32.9 Å². The molecule has 2 aliphatic heterocycles. The molecule has 2 aliphatic rings. The van der Waals surface area contributed by atoms with Crippen LogP contribution >= 0.6 is 22.9 Å². The van der Waals surface area contributed by atoms with E-state index < -0.39 is 12.0 Å². The van der Waals surface area contributed by atoms with E-state index in [1.165, 1.54) is 15.9 Å². The lowest BCUT2D eigenvalue weighted by Crippen LogP contribution is -2.42. The van der Waals surface area contributed by atoms with Crippen molar-refractivity contribution in [2.45, 2.75) is 39.5 Å². The zero-order chi connectivity index (χ0) is 30.2. The summed E-state index contributed by atoms with van der Waals surface area (Å²) < 4.78 is 14.9. The molecule has 6 rings (SSSR count). The van der Waals surface area contributed by atoms with E-state index in [-0.39, 0.29) is 29.7 Å². The highest BCUT2D eigenvalue weighted by Crippen LogP contribution is 2.34. The maximum absolute atomic E-state index is 14.1. The van der Waals surface area contributed by atoms with E-state index in [4.69, 9.17) is 21.1 Å². The van der Waals surface area contributed by atoms with Gasteiger partial charge in [0.1, 0.15) is 12.6 Å². The van der Waals surface area contributed by atoms with Gasteiger partial charge in [0, 0.05) is 40.8 Å². The van der Waals surface area contributed by atoms with Gasteiger partial charge in [0.15, 0.2) is 4.80 Å². The third-order valence-electron chi connectivity index (χ3n) is 7.56. The van der Waals surface area contributed by atoms with Crippen molar-refractivity contribution >= 4 is 51.8 Å². The van der Waals surface area contributed by atoms with Crippen LogP contribution in [0.25, 0.3) is 17.0 Å². The van der Waals surface area contributed by atoms with Crippen molar-refractivity contribution in [3.8, 4) is 0 Å². The SMILES string of the molecule is CC1=C(C(=O)OC(C)C)C(c2ccccc2Cl)n2c(sc(=Cc3cn(CC(=O)N4CCOCC4)c4ccccc34)c2=O)=N1. The molecule has 9 nitrogen and oxygen atoms in total. The van der Waals surface area contributed by atoms with Crippen LogP contribution in [-0.4, -0.2) is 58.3 Å². The molecule has 0 radical (unpaired) electrons. The highest BCUT2D eigenvalue weighted by Gasteiger charge is 2.35. The van der Waals surface area contributed by atoms with Crippen LogP contribution in [0.3, 0.4) is 0 Å². The number of nitrogens with zero attached hydrogens (tertiary/aromatic N) is 4. The van der Waals surface area contributed by atoms with E-state index in [0.717, 1.165) is 16.5 Å². The highest BCUT2D eigenvalue weighted by atomic mass is 35.5. The van der Waals surface area contributed by atoms with Crippen molar-refractivity contribution in [2.75, 3.05) is 26.3 Å². The fourth-order valence-electron chi connectivity index (χ4n) is 5.57. The first kappa shape index (κ1) is 29.1. The normalized spacial score (nSPS) is 17.4. The van der Waals surface area contributed by atoms with Crippen molar-refractivity contribution in [2.24, 2.45) is 4.99 Å². The van der Waals surface area contributed by atoms with E-state index in [1.807, 2.05) is 58.1 Å². The number of esters is 1. The molecule has 0 spiro atoms. The number of para-hydroxylation sites is 1. The standard InChI is InChI=1S/C32H31ClN4O5S/c1-19(2)42-31(40)28-20(3)34-32-37(29(28)23-9-4-6-10-24(23)33)30(39)26(43-32)16-21-17-36(25-11-7-5-8-22(21)25)18-27(38)35-12-14-41-15-13-35/h4-11,16-17,19,29H,12-15,18H2,1-3H3. The molecule has 1 fully saturated rings. The molecule has 1 amide bonds. The van der Waals surface area contributed by atoms with Crippen LogP contribution in [0.5, 0.6) is 0 Å². The Hall–Kier alpha value is -3.99. The van der Waals surface area contributed by atoms with Crippen molar-refractivity contribution in [1.29, 1.82) is 0 Å². The number of allylic oxidation sites excluding steroid dienone is 1. The van der Waals surface area contributed by atoms with Gasteiger partial charge in [-0.25, -0.2) is 9.79 Å². The second-order valence-electron chi connectivity index (χ2n) is 10.8. The van der Waals surface area contributed by atoms with Crippen LogP contribution in [0, 0.1) is 0 Å². The second-order valence-corrected chi connectivity index (χ2v) is 12.2. The largest absolute Gasteiger partial charge is 0.459 e. The van der Waals surface area contributed by atoms with Gasteiger partial charge in [-0.2, -0.15) is 0 Å². The van der Waals surface area contributed by atoms with Crippen molar-refractivity contribution in [3.05, 3.63) is 102 Å². The van der Waals surface area contributed by atoms with Gasteiger partial charge in [0.05, 0.1) is 35.1 Å². The van der Waals surface area contributed by atoms with Crippen molar-refractivity contribution < 1.29 is 19.1 Å². The Labute approximate surface area is 256 Å². The molecule has 0 aliphatic carbocycles. The number of amides is 1. The molecule has 2 aromatic heterocycles. The lowest BCUT2D eigenvalue weighted by Gasteiger charge is -2.27. The first-order valence-electron chi connectivity index (χ1n) is 14.1. The van der Waals surface area contributed by atoms with Crippen LogP contribution in [0.15, 0.2) is 75.8 Å². The monoisotopic (exact) mass is 618 g/mol. The van der Waals surface area contributed by atoms with Gasteiger partial charge < -0.3 is 18.9 Å². The van der Waals surface area contributed by atoms with Crippen LogP contribution in [-0.2, 0) is 25.6 Å². The topological polar surface area (TPSA) is 95.1 Å². The molecule has 4 aromatic rings. The summed E-state index contributed by atoms with van der Waals surface area (Å²) in [6.07, 6.45) is 3.39. The fourth-order valence-corrected chi connectivity index (χ4v) is 6.85. The Morgan fingerprint density at radius 2 is 1.86 bits per heavy atom. The number of hydrogen-bond acceptors (Lipinski definition) is 7. The minimum absolute atomic E-state index is 0.0194. The van der Waals surface area contributed by atoms with Crippen LogP contribution in [0.1, 0.15) is 37.9 Å². The first-order chi connectivity index (χ1) is 20.7. The molecule has 2 aromatic carbocycles. The number of fused-ring (bicyclic) bond motifs is 2. The molecule has 0 N–H and O–H groups in total. The number of carbonyl (C=O) groups is 2. The molecule has 11 heteroatoms. The first-order valence-corrected chi connectivity index (χ1v) is 15.3. The van der Waals surface area contributed by atoms with Gasteiger partial charge in [0.25, 0.3) is 5.56 Å². The Morgan fingerprint density at radius 3 is 2.60 bits per heavy atom. The van der Waals surface area contributed by atoms with Gasteiger partial charge in [-0.05, 0) is 44.5 Å². The quantitative estimate of drug-likeness (QED) is 0.308. The zero-order valence-corrected chi connectivity index (χ0v) is 25.7. The summed E-state index contributed by atoms with van der Waals surface area (Å²) in [6.45, 7) is 7.71. The third kappa shape index (κ3) is 5.58. The Bertz CT molecular complexity index is 1950. The predicted octanol–water partition coefficient (Wildman–Crippen LogP) is 3.65. The van der Waals surface area contributed by atoms with E-state index in [2.05, 4.69) is 4.99 Å². The van der Waals surface area contributed by atoms with Crippen LogP contribution < -0.4 is 14.9 Å². The summed E-state index contributed by atoms with van der Waals surface area (Å²) in [5, 5.41) is 1.35. The average Bonchev–Trinajstić information content (AvgIpc) is 3.49. The predicted molar refractivity (Wildman–Crippen MR) is 166 cm³/mol. The fraction of sp³-hybridized carbons (Fsp3) is 0.312. The number of benzene rings is 2. The van der Waals surface area contributed by atoms with Crippen molar-refractivity contribution in [1.82, 2.24) is 14.0 Å². The van der Waals surface area contributed by atoms with Gasteiger partial charge in [0.2, 0.25) is 5.91 Å². The third-order valence-corrected chi connectivity index (χ3v) is 8.89. The Kier molecular flexibility index (Phi) is 8.09. The molecule has 222 valence electrons. The number of aromatic nitrogens is 2. The minimum Gasteiger partial charge on any atom is -0.459 e. The van der Waals surface area contributed by atoms with Gasteiger partial charge in [-0.3, -0.25) is 14.2 Å². The summed E-state index contributed by atoms with van der Waals surface area (Å²) in [5.74, 6) is -0.519. The number of hydrogen-bond donors (Lipinski definition) is 0. The average molecular weight is 619 g/mol. The molecule has 4 heterocycles. The molecule has 1 saturated heterocycles. The summed E-state index contributed by atoms with van der Waals surface area (Å²) in [5.41, 5.74) is 2.77. The number of carbonyl (C=O) groups excluding carboxylic acids is 2. The van der Waals surface area contributed by atoms with Gasteiger partial charge in [-0.1, -0.05) is 59.3 Å². The number of thiazole rings is 1. The lowest BCUT2D eigenvalue weighted by molar-refractivity contribution is -0.143. The zero-order valence-electron chi connectivity index (χ0n) is 24.1. The summed E-state index contributed by atoms with van der Waals surface area (Å²) >= 11 is 7.88. The summed E-state index contributed by atoms with van der Waals surface area (Å²) in [4.78, 5) is 47.5. The van der Waals surface area contributed by atoms with Crippen LogP contribution in [0.4, 0.5) is 0 Å². The van der Waals surface area contributed by atoms with E-state index >= 15 is 0 Å². The van der Waals surface area contributed by atoms with Crippen molar-refractivity contribution in [3.63, 3.8) is 0 Å². The number of ether oxygens (including phenoxy) is 2. The van der Waals surface area contributed by atoms with E-state index in [9.17, 15) is 14.4 Å². The second kappa shape index (κ2) is 11.9. The molecular weight excluding hydrogens is 588 g/mol. The molecule has 1 unspecified atom stereocenters. The summed E-state index contributed by atoms with van der Waals surface area (Å²) in [6, 6.07) is 14.2. The molecule has 43 heavy (non-hydrogen) atoms. The van der Waals surface area contributed by atoms with Gasteiger partial charge in [-0.15, -0.1) is 0 Å². The number of halogens is 1. The molecule has 0 bridgehead atoms. The lowest BCUT2D eigenvalue weighted by atomic mass is 9.96.